The smallest absolute Gasteiger partial charge is 0.255 e. The van der Waals surface area contributed by atoms with Crippen LogP contribution in [0.3, 0.4) is 0 Å². The molecule has 1 amide bonds. The van der Waals surface area contributed by atoms with Crippen LogP contribution in [0, 0.1) is 5.82 Å². The standard InChI is InChI=1S/C20H17ClFN3O/c1-25(13-14-5-3-2-4-6-14)20(26)15-9-17(12-23-11-15)24-16-7-8-19(22)18(21)10-16/h2-12,24H,13H2,1H3. The van der Waals surface area contributed by atoms with E-state index in [2.05, 4.69) is 10.3 Å². The first-order valence-electron chi connectivity index (χ1n) is 7.99. The molecule has 0 bridgehead atoms. The predicted molar refractivity (Wildman–Crippen MR) is 101 cm³/mol. The van der Waals surface area contributed by atoms with Crippen LogP contribution in [0.2, 0.25) is 5.02 Å². The Hall–Kier alpha value is -2.92. The number of halogens is 2. The van der Waals surface area contributed by atoms with E-state index in [0.717, 1.165) is 5.56 Å². The van der Waals surface area contributed by atoms with Crippen LogP contribution in [0.15, 0.2) is 67.0 Å². The number of nitrogens with zero attached hydrogens (tertiary/aromatic N) is 2. The molecule has 1 heterocycles. The van der Waals surface area contributed by atoms with Crippen LogP contribution in [0.4, 0.5) is 15.8 Å². The normalized spacial score (nSPS) is 10.4. The number of hydrogen-bond acceptors (Lipinski definition) is 3. The number of benzene rings is 2. The largest absolute Gasteiger partial charge is 0.354 e. The maximum absolute atomic E-state index is 13.3. The van der Waals surface area contributed by atoms with Gasteiger partial charge < -0.3 is 10.2 Å². The molecule has 0 unspecified atom stereocenters. The van der Waals surface area contributed by atoms with Crippen LogP contribution < -0.4 is 5.32 Å². The lowest BCUT2D eigenvalue weighted by Crippen LogP contribution is -2.26. The van der Waals surface area contributed by atoms with Crippen LogP contribution in [-0.2, 0) is 6.54 Å². The highest BCUT2D eigenvalue weighted by molar-refractivity contribution is 6.31. The van der Waals surface area contributed by atoms with Gasteiger partial charge in [0.1, 0.15) is 5.82 Å². The van der Waals surface area contributed by atoms with Gasteiger partial charge in [-0.3, -0.25) is 9.78 Å². The van der Waals surface area contributed by atoms with Crippen molar-refractivity contribution in [1.82, 2.24) is 9.88 Å². The van der Waals surface area contributed by atoms with Crippen molar-refractivity contribution in [1.29, 1.82) is 0 Å². The Labute approximate surface area is 156 Å². The molecule has 0 aliphatic rings. The fourth-order valence-electron chi connectivity index (χ4n) is 2.52. The SMILES string of the molecule is CN(Cc1ccccc1)C(=O)c1cncc(Nc2ccc(F)c(Cl)c2)c1. The summed E-state index contributed by atoms with van der Waals surface area (Å²) in [4.78, 5) is 18.4. The Morgan fingerprint density at radius 1 is 1.12 bits per heavy atom. The summed E-state index contributed by atoms with van der Waals surface area (Å²) in [6, 6.07) is 15.8. The lowest BCUT2D eigenvalue weighted by Gasteiger charge is -2.17. The Balaban J connectivity index is 1.73. The number of anilines is 2. The topological polar surface area (TPSA) is 45.2 Å². The average Bonchev–Trinajstić information content (AvgIpc) is 2.65. The summed E-state index contributed by atoms with van der Waals surface area (Å²) in [5.41, 5.74) is 2.74. The van der Waals surface area contributed by atoms with Gasteiger partial charge in [0.2, 0.25) is 0 Å². The van der Waals surface area contributed by atoms with Gasteiger partial charge in [-0.2, -0.15) is 0 Å². The molecule has 1 N–H and O–H groups in total. The molecule has 0 spiro atoms. The minimum Gasteiger partial charge on any atom is -0.354 e. The van der Waals surface area contributed by atoms with Gasteiger partial charge in [0.15, 0.2) is 0 Å². The van der Waals surface area contributed by atoms with E-state index < -0.39 is 5.82 Å². The predicted octanol–water partition coefficient (Wildman–Crippen LogP) is 4.89. The molecule has 0 aliphatic heterocycles. The molecule has 2 aromatic carbocycles. The summed E-state index contributed by atoms with van der Waals surface area (Å²) in [7, 11) is 1.75. The number of carbonyl (C=O) groups is 1. The van der Waals surface area contributed by atoms with Crippen LogP contribution in [0.1, 0.15) is 15.9 Å². The molecular formula is C20H17ClFN3O. The second kappa shape index (κ2) is 7.97. The van der Waals surface area contributed by atoms with Gasteiger partial charge in [-0.15, -0.1) is 0 Å². The van der Waals surface area contributed by atoms with Crippen LogP contribution in [0.5, 0.6) is 0 Å². The first-order valence-corrected chi connectivity index (χ1v) is 8.37. The van der Waals surface area contributed by atoms with Crippen molar-refractivity contribution in [2.75, 3.05) is 12.4 Å². The average molecular weight is 370 g/mol. The number of nitrogens with one attached hydrogen (secondary N) is 1. The third kappa shape index (κ3) is 4.37. The van der Waals surface area contributed by atoms with Gasteiger partial charge in [0, 0.05) is 25.5 Å². The van der Waals surface area contributed by atoms with E-state index >= 15 is 0 Å². The molecule has 26 heavy (non-hydrogen) atoms. The van der Waals surface area contributed by atoms with Crippen LogP contribution >= 0.6 is 11.6 Å². The molecule has 0 atom stereocenters. The summed E-state index contributed by atoms with van der Waals surface area (Å²) in [5, 5.41) is 3.10. The second-order valence-corrected chi connectivity index (χ2v) is 6.27. The molecule has 0 aliphatic carbocycles. The zero-order valence-corrected chi connectivity index (χ0v) is 14.9. The molecule has 3 aromatic rings. The van der Waals surface area contributed by atoms with E-state index in [1.54, 1.807) is 30.3 Å². The molecule has 0 saturated carbocycles. The van der Waals surface area contributed by atoms with Gasteiger partial charge in [-0.25, -0.2) is 4.39 Å². The van der Waals surface area contributed by atoms with E-state index in [9.17, 15) is 9.18 Å². The number of aromatic nitrogens is 1. The van der Waals surface area contributed by atoms with Crippen molar-refractivity contribution in [2.45, 2.75) is 6.54 Å². The summed E-state index contributed by atoms with van der Waals surface area (Å²) >= 11 is 5.79. The first kappa shape index (κ1) is 17.9. The first-order chi connectivity index (χ1) is 12.5. The van der Waals surface area contributed by atoms with Gasteiger partial charge in [0.05, 0.1) is 22.5 Å². The monoisotopic (exact) mass is 369 g/mol. The minimum atomic E-state index is -0.484. The maximum Gasteiger partial charge on any atom is 0.255 e. The van der Waals surface area contributed by atoms with Crippen molar-refractivity contribution in [2.24, 2.45) is 0 Å². The molecule has 0 fully saturated rings. The maximum atomic E-state index is 13.3. The lowest BCUT2D eigenvalue weighted by atomic mass is 10.2. The van der Waals surface area contributed by atoms with E-state index in [4.69, 9.17) is 11.6 Å². The summed E-state index contributed by atoms with van der Waals surface area (Å²) in [6.45, 7) is 0.505. The van der Waals surface area contributed by atoms with E-state index in [1.807, 2.05) is 30.3 Å². The molecule has 1 aromatic heterocycles. The Morgan fingerprint density at radius 2 is 1.88 bits per heavy atom. The van der Waals surface area contributed by atoms with Gasteiger partial charge in [0.25, 0.3) is 5.91 Å². The van der Waals surface area contributed by atoms with Crippen LogP contribution in [-0.4, -0.2) is 22.8 Å². The molecule has 132 valence electrons. The zero-order valence-electron chi connectivity index (χ0n) is 14.1. The van der Waals surface area contributed by atoms with E-state index in [1.165, 1.54) is 18.3 Å². The Kier molecular flexibility index (Phi) is 5.49. The highest BCUT2D eigenvalue weighted by Gasteiger charge is 2.13. The lowest BCUT2D eigenvalue weighted by molar-refractivity contribution is 0.0784. The van der Waals surface area contributed by atoms with Crippen molar-refractivity contribution in [3.05, 3.63) is 89.0 Å². The number of carbonyl (C=O) groups excluding carboxylic acids is 1. The molecule has 4 nitrogen and oxygen atoms in total. The van der Waals surface area contributed by atoms with E-state index in [0.29, 0.717) is 23.5 Å². The van der Waals surface area contributed by atoms with Crippen molar-refractivity contribution >= 4 is 28.9 Å². The fourth-order valence-corrected chi connectivity index (χ4v) is 2.70. The summed E-state index contributed by atoms with van der Waals surface area (Å²) in [5.74, 6) is -0.621. The highest BCUT2D eigenvalue weighted by Crippen LogP contribution is 2.23. The third-order valence-corrected chi connectivity index (χ3v) is 4.09. The second-order valence-electron chi connectivity index (χ2n) is 5.86. The molecule has 0 radical (unpaired) electrons. The van der Waals surface area contributed by atoms with Crippen molar-refractivity contribution in [3.63, 3.8) is 0 Å². The summed E-state index contributed by atoms with van der Waals surface area (Å²) < 4.78 is 13.3. The molecule has 0 saturated heterocycles. The highest BCUT2D eigenvalue weighted by atomic mass is 35.5. The third-order valence-electron chi connectivity index (χ3n) is 3.80. The minimum absolute atomic E-state index is 0.0257. The fraction of sp³-hybridized carbons (Fsp3) is 0.100. The zero-order chi connectivity index (χ0) is 18.5. The number of rotatable bonds is 5. The van der Waals surface area contributed by atoms with Crippen LogP contribution in [0.25, 0.3) is 0 Å². The summed E-state index contributed by atoms with van der Waals surface area (Å²) in [6.07, 6.45) is 3.11. The number of pyridine rings is 1. The van der Waals surface area contributed by atoms with Gasteiger partial charge in [-0.1, -0.05) is 41.9 Å². The molecule has 6 heteroatoms. The molecular weight excluding hydrogens is 353 g/mol. The van der Waals surface area contributed by atoms with Crippen molar-refractivity contribution in [3.8, 4) is 0 Å². The Morgan fingerprint density at radius 3 is 2.62 bits per heavy atom. The quantitative estimate of drug-likeness (QED) is 0.696. The molecule has 3 rings (SSSR count). The van der Waals surface area contributed by atoms with Gasteiger partial charge >= 0.3 is 0 Å². The van der Waals surface area contributed by atoms with Gasteiger partial charge in [-0.05, 0) is 29.8 Å². The number of hydrogen-bond donors (Lipinski definition) is 1. The Bertz CT molecular complexity index is 918. The number of amides is 1. The van der Waals surface area contributed by atoms with E-state index in [-0.39, 0.29) is 10.9 Å². The van der Waals surface area contributed by atoms with Crippen molar-refractivity contribution < 1.29 is 9.18 Å².